The van der Waals surface area contributed by atoms with Crippen LogP contribution in [-0.2, 0) is 21.5 Å². The zero-order valence-corrected chi connectivity index (χ0v) is 21.2. The van der Waals surface area contributed by atoms with Gasteiger partial charge < -0.3 is 21.1 Å². The minimum absolute atomic E-state index is 0.131. The second-order valence-electron chi connectivity index (χ2n) is 10.4. The van der Waals surface area contributed by atoms with Crippen molar-refractivity contribution in [3.8, 4) is 5.75 Å². The quantitative estimate of drug-likeness (QED) is 0.513. The topological polar surface area (TPSA) is 111 Å². The largest absolute Gasteiger partial charge is 0.455 e. The molecule has 1 unspecified atom stereocenters. The lowest BCUT2D eigenvalue weighted by atomic mass is 9.77. The van der Waals surface area contributed by atoms with Gasteiger partial charge in [-0.05, 0) is 67.9 Å². The highest BCUT2D eigenvalue weighted by molar-refractivity contribution is 6.32. The van der Waals surface area contributed by atoms with Crippen LogP contribution in [0.2, 0.25) is 5.02 Å². The number of dihydropyridines is 1. The van der Waals surface area contributed by atoms with Crippen molar-refractivity contribution >= 4 is 29.1 Å². The van der Waals surface area contributed by atoms with Crippen molar-refractivity contribution < 1.29 is 14.3 Å². The monoisotopic (exact) mass is 517 g/mol. The number of halogens is 1. The molecule has 2 amide bonds. The lowest BCUT2D eigenvalue weighted by Gasteiger charge is -2.38. The number of benzene rings is 1. The first-order chi connectivity index (χ1) is 17.8. The van der Waals surface area contributed by atoms with E-state index in [4.69, 9.17) is 22.1 Å². The molecule has 1 atom stereocenters. The Balaban J connectivity index is 1.15. The Labute approximate surface area is 219 Å². The summed E-state index contributed by atoms with van der Waals surface area (Å²) in [6, 6.07) is 3.51. The van der Waals surface area contributed by atoms with Gasteiger partial charge >= 0.3 is 0 Å². The van der Waals surface area contributed by atoms with E-state index in [0.29, 0.717) is 27.8 Å². The van der Waals surface area contributed by atoms with Crippen LogP contribution in [0.1, 0.15) is 36.8 Å². The van der Waals surface area contributed by atoms with Gasteiger partial charge in [0.2, 0.25) is 11.8 Å². The molecule has 1 aliphatic heterocycles. The van der Waals surface area contributed by atoms with Gasteiger partial charge in [-0.25, -0.2) is 0 Å². The Morgan fingerprint density at radius 1 is 1.32 bits per heavy atom. The van der Waals surface area contributed by atoms with Crippen LogP contribution in [0.15, 0.2) is 71.9 Å². The van der Waals surface area contributed by atoms with E-state index in [1.807, 2.05) is 29.9 Å². The third-order valence-electron chi connectivity index (χ3n) is 7.77. The Hall–Kier alpha value is -3.78. The molecule has 2 aromatic rings. The molecule has 3 saturated carbocycles. The summed E-state index contributed by atoms with van der Waals surface area (Å²) in [6.07, 6.45) is 17.5. The van der Waals surface area contributed by atoms with Crippen molar-refractivity contribution in [1.82, 2.24) is 15.1 Å². The number of nitrogens with two attached hydrogens (primary N) is 1. The van der Waals surface area contributed by atoms with Crippen LogP contribution in [0.4, 0.5) is 5.69 Å². The summed E-state index contributed by atoms with van der Waals surface area (Å²) in [5.74, 6) is 1.27. The van der Waals surface area contributed by atoms with Crippen molar-refractivity contribution in [2.24, 2.45) is 11.7 Å². The van der Waals surface area contributed by atoms with Gasteiger partial charge in [0.05, 0.1) is 34.9 Å². The van der Waals surface area contributed by atoms with E-state index in [-0.39, 0.29) is 23.9 Å². The first kappa shape index (κ1) is 23.6. The molecule has 2 bridgehead atoms. The van der Waals surface area contributed by atoms with Crippen molar-refractivity contribution in [3.05, 3.63) is 88.1 Å². The number of hydrogen-bond acceptors (Lipinski definition) is 5. The predicted molar refractivity (Wildman–Crippen MR) is 141 cm³/mol. The maximum Gasteiger partial charge on any atom is 0.248 e. The van der Waals surface area contributed by atoms with E-state index in [9.17, 15) is 9.59 Å². The van der Waals surface area contributed by atoms with Crippen molar-refractivity contribution in [2.45, 2.75) is 50.6 Å². The minimum Gasteiger partial charge on any atom is -0.455 e. The number of rotatable bonds is 7. The number of anilines is 1. The molecule has 2 heterocycles. The molecule has 9 heteroatoms. The molecule has 4 N–H and O–H groups in total. The fourth-order valence-electron chi connectivity index (χ4n) is 5.93. The van der Waals surface area contributed by atoms with Crippen LogP contribution in [0.25, 0.3) is 0 Å². The van der Waals surface area contributed by atoms with Gasteiger partial charge in [0, 0.05) is 23.5 Å². The number of ether oxygens (including phenoxy) is 1. The summed E-state index contributed by atoms with van der Waals surface area (Å²) >= 11 is 6.61. The zero-order chi connectivity index (χ0) is 25.7. The molecule has 8 nitrogen and oxygen atoms in total. The Kier molecular flexibility index (Phi) is 5.71. The van der Waals surface area contributed by atoms with Crippen LogP contribution < -0.4 is 21.1 Å². The number of allylic oxidation sites excluding steroid dienone is 1. The second kappa shape index (κ2) is 8.95. The van der Waals surface area contributed by atoms with Crippen molar-refractivity contribution in [3.63, 3.8) is 0 Å². The standard InChI is InChI=1S/C28H28ClN5O3/c1-16-8-18(10-25(35)33-20-14-32-34(15-20)28-6-4-17(12-28)13-28)9-22(29)26(16)37-24-5-7-31-23-3-2-19(27(30)36)11-21(23)24/h2-3,5,7-9,11,14-15,17,23,31H,4,6,10,12-13H2,1H3,(H2,30,36)(H,33,35). The number of hydrogen-bond donors (Lipinski definition) is 3. The van der Waals surface area contributed by atoms with Crippen LogP contribution in [0.5, 0.6) is 5.75 Å². The molecule has 1 aromatic heterocycles. The number of carbonyl (C=O) groups excluding carboxylic acids is 2. The number of primary amides is 1. The number of amides is 2. The molecule has 7 rings (SSSR count). The molecule has 37 heavy (non-hydrogen) atoms. The van der Waals surface area contributed by atoms with E-state index in [1.54, 1.807) is 36.7 Å². The van der Waals surface area contributed by atoms with Gasteiger partial charge in [0.15, 0.2) is 0 Å². The molecule has 1 aromatic carbocycles. The molecule has 3 fully saturated rings. The molecule has 5 aliphatic rings. The zero-order valence-electron chi connectivity index (χ0n) is 20.5. The lowest BCUT2D eigenvalue weighted by molar-refractivity contribution is -0.116. The fraction of sp³-hybridized carbons (Fsp3) is 0.321. The lowest BCUT2D eigenvalue weighted by Crippen LogP contribution is -2.39. The highest BCUT2D eigenvalue weighted by Crippen LogP contribution is 2.56. The number of aryl methyl sites for hydroxylation is 1. The van der Waals surface area contributed by atoms with Crippen molar-refractivity contribution in [2.75, 3.05) is 5.32 Å². The van der Waals surface area contributed by atoms with Crippen molar-refractivity contribution in [1.29, 1.82) is 0 Å². The summed E-state index contributed by atoms with van der Waals surface area (Å²) in [5, 5.41) is 11.1. The number of nitrogens with zero attached hydrogens (tertiary/aromatic N) is 2. The minimum atomic E-state index is -0.504. The second-order valence-corrected chi connectivity index (χ2v) is 10.8. The van der Waals surface area contributed by atoms with E-state index < -0.39 is 5.91 Å². The van der Waals surface area contributed by atoms with E-state index >= 15 is 0 Å². The summed E-state index contributed by atoms with van der Waals surface area (Å²) < 4.78 is 8.25. The first-order valence-electron chi connectivity index (χ1n) is 12.5. The van der Waals surface area contributed by atoms with Gasteiger partial charge in [0.25, 0.3) is 0 Å². The molecule has 4 aliphatic carbocycles. The maximum atomic E-state index is 12.8. The Bertz CT molecular complexity index is 1400. The number of nitrogens with one attached hydrogen (secondary N) is 2. The van der Waals surface area contributed by atoms with Crippen LogP contribution in [0, 0.1) is 12.8 Å². The number of fused-ring (bicyclic) bond motifs is 2. The fourth-order valence-corrected chi connectivity index (χ4v) is 6.25. The Morgan fingerprint density at radius 3 is 2.89 bits per heavy atom. The maximum absolute atomic E-state index is 12.8. The summed E-state index contributed by atoms with van der Waals surface area (Å²) in [5.41, 5.74) is 9.10. The van der Waals surface area contributed by atoms with E-state index in [1.165, 1.54) is 25.7 Å². The van der Waals surface area contributed by atoms with E-state index in [2.05, 4.69) is 15.7 Å². The predicted octanol–water partition coefficient (Wildman–Crippen LogP) is 4.03. The SMILES string of the molecule is Cc1cc(CC(=O)Nc2cnn(C34CCC(C3)C4)c2)cc(Cl)c1OC1=C2C=C(C(N)=O)C=CC2NC=C1. The Morgan fingerprint density at radius 2 is 2.16 bits per heavy atom. The summed E-state index contributed by atoms with van der Waals surface area (Å²) in [7, 11) is 0. The highest BCUT2D eigenvalue weighted by Gasteiger charge is 2.52. The molecular formula is C28H28ClN5O3. The van der Waals surface area contributed by atoms with Crippen LogP contribution in [0.3, 0.4) is 0 Å². The molecule has 190 valence electrons. The third kappa shape index (κ3) is 4.35. The molecule has 0 radical (unpaired) electrons. The first-order valence-corrected chi connectivity index (χ1v) is 12.9. The van der Waals surface area contributed by atoms with Gasteiger partial charge in [-0.15, -0.1) is 0 Å². The molecule has 0 saturated heterocycles. The smallest absolute Gasteiger partial charge is 0.248 e. The van der Waals surface area contributed by atoms with Gasteiger partial charge in [-0.2, -0.15) is 5.10 Å². The van der Waals surface area contributed by atoms with Gasteiger partial charge in [0.1, 0.15) is 11.5 Å². The average Bonchev–Trinajstić information content (AvgIpc) is 3.57. The normalized spacial score (nSPS) is 25.2. The third-order valence-corrected chi connectivity index (χ3v) is 8.05. The highest BCUT2D eigenvalue weighted by atomic mass is 35.5. The molecular weight excluding hydrogens is 490 g/mol. The van der Waals surface area contributed by atoms with Gasteiger partial charge in [-0.1, -0.05) is 29.8 Å². The van der Waals surface area contributed by atoms with Crippen LogP contribution in [-0.4, -0.2) is 27.6 Å². The number of aromatic nitrogens is 2. The van der Waals surface area contributed by atoms with E-state index in [0.717, 1.165) is 22.6 Å². The molecule has 0 spiro atoms. The summed E-state index contributed by atoms with van der Waals surface area (Å²) in [6.45, 7) is 1.89. The van der Waals surface area contributed by atoms with Gasteiger partial charge in [-0.3, -0.25) is 14.3 Å². The summed E-state index contributed by atoms with van der Waals surface area (Å²) in [4.78, 5) is 24.4. The average molecular weight is 518 g/mol. The van der Waals surface area contributed by atoms with Crippen LogP contribution >= 0.6 is 11.6 Å². The number of carbonyl (C=O) groups is 2.